The number of aromatic nitrogens is 3. The van der Waals surface area contributed by atoms with Crippen LogP contribution in [0, 0.1) is 0 Å². The molecule has 0 amide bonds. The number of fused-ring (bicyclic) bond motifs is 1. The molecule has 0 fully saturated rings. The van der Waals surface area contributed by atoms with Crippen LogP contribution in [0.25, 0.3) is 16.7 Å². The molecule has 178 valence electrons. The number of sulfone groups is 1. The molecule has 34 heavy (non-hydrogen) atoms. The number of ether oxygens (including phenoxy) is 1. The van der Waals surface area contributed by atoms with E-state index in [-0.39, 0.29) is 21.0 Å². The number of rotatable bonds is 7. The number of aromatic hydroxyl groups is 1. The largest absolute Gasteiger partial charge is 0.505 e. The van der Waals surface area contributed by atoms with E-state index in [1.54, 1.807) is 42.5 Å². The van der Waals surface area contributed by atoms with E-state index in [9.17, 15) is 13.5 Å². The first-order chi connectivity index (χ1) is 16.1. The van der Waals surface area contributed by atoms with Crippen LogP contribution in [0.2, 0.25) is 0 Å². The highest BCUT2D eigenvalue weighted by Gasteiger charge is 2.24. The predicted molar refractivity (Wildman–Crippen MR) is 132 cm³/mol. The molecule has 0 atom stereocenters. The topological polar surface area (TPSA) is 94.3 Å². The third kappa shape index (κ3) is 4.63. The van der Waals surface area contributed by atoms with Crippen LogP contribution in [0.15, 0.2) is 70.5 Å². The number of phenols is 1. The normalized spacial score (nSPS) is 12.2. The van der Waals surface area contributed by atoms with Crippen LogP contribution in [0.3, 0.4) is 0 Å². The van der Waals surface area contributed by atoms with Crippen LogP contribution in [0.4, 0.5) is 0 Å². The average molecular weight is 480 g/mol. The van der Waals surface area contributed by atoms with E-state index in [4.69, 9.17) is 4.74 Å². The molecule has 0 aliphatic heterocycles. The third-order valence-electron chi connectivity index (χ3n) is 5.57. The minimum atomic E-state index is -3.69. The van der Waals surface area contributed by atoms with Crippen LogP contribution < -0.4 is 4.74 Å². The first-order valence-corrected chi connectivity index (χ1v) is 12.8. The average Bonchev–Trinajstić information content (AvgIpc) is 3.23. The molecule has 4 rings (SSSR count). The van der Waals surface area contributed by atoms with Gasteiger partial charge in [0.25, 0.3) is 0 Å². The van der Waals surface area contributed by atoms with Crippen molar-refractivity contribution < 1.29 is 18.3 Å². The van der Waals surface area contributed by atoms with Crippen LogP contribution in [-0.4, -0.2) is 35.1 Å². The van der Waals surface area contributed by atoms with Crippen molar-refractivity contribution in [1.29, 1.82) is 0 Å². The van der Waals surface area contributed by atoms with E-state index in [0.717, 1.165) is 12.8 Å². The molecular weight excluding hydrogens is 450 g/mol. The highest BCUT2D eigenvalue weighted by molar-refractivity contribution is 7.91. The molecule has 1 aromatic heterocycles. The summed E-state index contributed by atoms with van der Waals surface area (Å²) in [6.45, 7) is 8.69. The summed E-state index contributed by atoms with van der Waals surface area (Å²) in [6, 6.07) is 16.5. The summed E-state index contributed by atoms with van der Waals surface area (Å²) in [5, 5.41) is 20.1. The van der Waals surface area contributed by atoms with Crippen LogP contribution in [0.5, 0.6) is 11.5 Å². The maximum atomic E-state index is 13.0. The second kappa shape index (κ2) is 9.10. The molecule has 0 aliphatic carbocycles. The Morgan fingerprint density at radius 3 is 2.32 bits per heavy atom. The van der Waals surface area contributed by atoms with Gasteiger partial charge in [0.1, 0.15) is 28.2 Å². The molecule has 0 bridgehead atoms. The van der Waals surface area contributed by atoms with E-state index in [2.05, 4.69) is 17.1 Å². The summed E-state index contributed by atoms with van der Waals surface area (Å²) in [5.41, 5.74) is 1.67. The van der Waals surface area contributed by atoms with Crippen LogP contribution in [-0.2, 0) is 15.3 Å². The molecule has 0 aliphatic rings. The predicted octanol–water partition coefficient (Wildman–Crippen LogP) is 5.44. The van der Waals surface area contributed by atoms with Crippen molar-refractivity contribution in [3.05, 3.63) is 66.2 Å². The Labute approximate surface area is 199 Å². The van der Waals surface area contributed by atoms with Crippen molar-refractivity contribution in [3.8, 4) is 17.2 Å². The Morgan fingerprint density at radius 2 is 1.65 bits per heavy atom. The van der Waals surface area contributed by atoms with Crippen molar-refractivity contribution >= 4 is 20.9 Å². The molecule has 8 heteroatoms. The zero-order valence-electron chi connectivity index (χ0n) is 19.8. The van der Waals surface area contributed by atoms with E-state index in [0.29, 0.717) is 34.6 Å². The van der Waals surface area contributed by atoms with Gasteiger partial charge in [-0.3, -0.25) is 0 Å². The minimum Gasteiger partial charge on any atom is -0.505 e. The van der Waals surface area contributed by atoms with E-state index in [1.807, 2.05) is 26.8 Å². The molecule has 1 N–H and O–H groups in total. The Hall–Kier alpha value is -3.39. The number of hydrogen-bond acceptors (Lipinski definition) is 6. The molecule has 0 unspecified atom stereocenters. The fourth-order valence-electron chi connectivity index (χ4n) is 3.64. The van der Waals surface area contributed by atoms with Crippen molar-refractivity contribution in [2.75, 3.05) is 6.61 Å². The van der Waals surface area contributed by atoms with Gasteiger partial charge in [-0.1, -0.05) is 52.3 Å². The van der Waals surface area contributed by atoms with Gasteiger partial charge in [0.05, 0.1) is 16.4 Å². The molecule has 0 saturated carbocycles. The SMILES string of the molecule is CCCCOc1cc(-n2nc3ccc(S(=O)(=O)c4ccccc4)cc3n2)c(O)c(C(C)(C)C)c1. The van der Waals surface area contributed by atoms with Gasteiger partial charge in [-0.05, 0) is 48.2 Å². The number of hydrogen-bond donors (Lipinski definition) is 1. The lowest BCUT2D eigenvalue weighted by atomic mass is 9.86. The van der Waals surface area contributed by atoms with Crippen LogP contribution >= 0.6 is 0 Å². The Kier molecular flexibility index (Phi) is 6.36. The maximum Gasteiger partial charge on any atom is 0.206 e. The van der Waals surface area contributed by atoms with Crippen molar-refractivity contribution in [2.24, 2.45) is 0 Å². The van der Waals surface area contributed by atoms with Crippen molar-refractivity contribution in [2.45, 2.75) is 55.7 Å². The lowest BCUT2D eigenvalue weighted by molar-refractivity contribution is 0.307. The molecule has 1 heterocycles. The fraction of sp³-hybridized carbons (Fsp3) is 0.308. The number of phenolic OH excluding ortho intramolecular Hbond substituents is 1. The molecular formula is C26H29N3O4S. The quantitative estimate of drug-likeness (QED) is 0.355. The van der Waals surface area contributed by atoms with E-state index in [1.165, 1.54) is 16.9 Å². The second-order valence-electron chi connectivity index (χ2n) is 9.25. The molecule has 4 aromatic rings. The lowest BCUT2D eigenvalue weighted by Gasteiger charge is -2.23. The number of benzene rings is 3. The minimum absolute atomic E-state index is 0.0628. The highest BCUT2D eigenvalue weighted by Crippen LogP contribution is 2.38. The Morgan fingerprint density at radius 1 is 0.941 bits per heavy atom. The summed E-state index contributed by atoms with van der Waals surface area (Å²) in [4.78, 5) is 1.68. The van der Waals surface area contributed by atoms with Gasteiger partial charge in [-0.25, -0.2) is 8.42 Å². The summed E-state index contributed by atoms with van der Waals surface area (Å²) in [7, 11) is -3.69. The first-order valence-electron chi connectivity index (χ1n) is 11.3. The van der Waals surface area contributed by atoms with Gasteiger partial charge in [0.2, 0.25) is 9.84 Å². The summed E-state index contributed by atoms with van der Waals surface area (Å²) in [6.07, 6.45) is 1.93. The van der Waals surface area contributed by atoms with E-state index >= 15 is 0 Å². The maximum absolute atomic E-state index is 13.0. The standard InChI is InChI=1S/C26H29N3O4S/c1-5-6-14-33-18-15-21(26(2,3)4)25(30)24(16-18)29-27-22-13-12-20(17-23(22)28-29)34(31,32)19-10-8-7-9-11-19/h7-13,15-17,30H,5-6,14H2,1-4H3. The van der Waals surface area contributed by atoms with Gasteiger partial charge >= 0.3 is 0 Å². The third-order valence-corrected chi connectivity index (χ3v) is 7.34. The number of unbranched alkanes of at least 4 members (excludes halogenated alkanes) is 1. The molecule has 0 spiro atoms. The summed E-state index contributed by atoms with van der Waals surface area (Å²) >= 11 is 0. The van der Waals surface area contributed by atoms with Gasteiger partial charge in [0, 0.05) is 11.6 Å². The monoisotopic (exact) mass is 479 g/mol. The van der Waals surface area contributed by atoms with Gasteiger partial charge in [-0.2, -0.15) is 0 Å². The first kappa shape index (κ1) is 23.8. The summed E-state index contributed by atoms with van der Waals surface area (Å²) < 4.78 is 32.0. The van der Waals surface area contributed by atoms with Gasteiger partial charge in [-0.15, -0.1) is 15.0 Å². The highest BCUT2D eigenvalue weighted by atomic mass is 32.2. The van der Waals surface area contributed by atoms with E-state index < -0.39 is 9.84 Å². The lowest BCUT2D eigenvalue weighted by Crippen LogP contribution is -2.14. The Balaban J connectivity index is 1.80. The number of nitrogens with zero attached hydrogens (tertiary/aromatic N) is 3. The molecule has 3 aromatic carbocycles. The second-order valence-corrected chi connectivity index (χ2v) is 11.2. The Bertz CT molecular complexity index is 1420. The smallest absolute Gasteiger partial charge is 0.206 e. The van der Waals surface area contributed by atoms with Gasteiger partial charge in [0.15, 0.2) is 0 Å². The zero-order chi connectivity index (χ0) is 24.5. The zero-order valence-corrected chi connectivity index (χ0v) is 20.6. The molecule has 0 radical (unpaired) electrons. The molecule has 7 nitrogen and oxygen atoms in total. The summed E-state index contributed by atoms with van der Waals surface area (Å²) in [5.74, 6) is 0.688. The fourth-order valence-corrected chi connectivity index (χ4v) is 4.94. The van der Waals surface area contributed by atoms with Crippen molar-refractivity contribution in [3.63, 3.8) is 0 Å². The van der Waals surface area contributed by atoms with Gasteiger partial charge < -0.3 is 9.84 Å². The molecule has 0 saturated heterocycles. The van der Waals surface area contributed by atoms with Crippen molar-refractivity contribution in [1.82, 2.24) is 15.0 Å². The van der Waals surface area contributed by atoms with Crippen LogP contribution in [0.1, 0.15) is 46.1 Å².